The summed E-state index contributed by atoms with van der Waals surface area (Å²) in [5, 5.41) is 12.8. The van der Waals surface area contributed by atoms with Gasteiger partial charge >= 0.3 is 0 Å². The SMILES string of the molecule is O=C(CN1CCC(Cc2cccc(O)c2)C1)NC1CCCCC1. The highest BCUT2D eigenvalue weighted by molar-refractivity contribution is 5.78. The molecule has 2 aliphatic rings. The first kappa shape index (κ1) is 16.3. The Morgan fingerprint density at radius 1 is 1.22 bits per heavy atom. The molecule has 3 rings (SSSR count). The van der Waals surface area contributed by atoms with Gasteiger partial charge in [-0.1, -0.05) is 31.4 Å². The van der Waals surface area contributed by atoms with Crippen molar-refractivity contribution in [2.75, 3.05) is 19.6 Å². The number of aromatic hydroxyl groups is 1. The number of hydrogen-bond acceptors (Lipinski definition) is 3. The lowest BCUT2D eigenvalue weighted by molar-refractivity contribution is -0.122. The Morgan fingerprint density at radius 3 is 2.83 bits per heavy atom. The first-order valence-corrected chi connectivity index (χ1v) is 8.98. The normalized spacial score (nSPS) is 23.0. The van der Waals surface area contributed by atoms with Crippen LogP contribution in [-0.2, 0) is 11.2 Å². The lowest BCUT2D eigenvalue weighted by Gasteiger charge is -2.24. The van der Waals surface area contributed by atoms with E-state index in [1.165, 1.54) is 24.8 Å². The second-order valence-electron chi connectivity index (χ2n) is 7.17. The molecular formula is C19H28N2O2. The van der Waals surface area contributed by atoms with Crippen LogP contribution in [0, 0.1) is 5.92 Å². The van der Waals surface area contributed by atoms with Crippen LogP contribution in [0.5, 0.6) is 5.75 Å². The van der Waals surface area contributed by atoms with Gasteiger partial charge in [-0.3, -0.25) is 9.69 Å². The molecule has 1 atom stereocenters. The quantitative estimate of drug-likeness (QED) is 0.878. The monoisotopic (exact) mass is 316 g/mol. The summed E-state index contributed by atoms with van der Waals surface area (Å²) < 4.78 is 0. The van der Waals surface area contributed by atoms with Crippen LogP contribution in [0.15, 0.2) is 24.3 Å². The highest BCUT2D eigenvalue weighted by atomic mass is 16.3. The number of nitrogens with one attached hydrogen (secondary N) is 1. The number of hydrogen-bond donors (Lipinski definition) is 2. The van der Waals surface area contributed by atoms with E-state index in [1.807, 2.05) is 12.1 Å². The summed E-state index contributed by atoms with van der Waals surface area (Å²) in [6.07, 6.45) is 8.22. The van der Waals surface area contributed by atoms with E-state index in [1.54, 1.807) is 6.07 Å². The van der Waals surface area contributed by atoms with Gasteiger partial charge in [0.1, 0.15) is 5.75 Å². The summed E-state index contributed by atoms with van der Waals surface area (Å²) in [4.78, 5) is 14.5. The van der Waals surface area contributed by atoms with E-state index in [9.17, 15) is 9.90 Å². The molecule has 1 aromatic carbocycles. The molecule has 1 heterocycles. The molecule has 23 heavy (non-hydrogen) atoms. The van der Waals surface area contributed by atoms with Crippen LogP contribution < -0.4 is 5.32 Å². The minimum absolute atomic E-state index is 0.190. The third-order valence-corrected chi connectivity index (χ3v) is 5.14. The Hall–Kier alpha value is -1.55. The number of rotatable bonds is 5. The Labute approximate surface area is 138 Å². The van der Waals surface area contributed by atoms with Gasteiger partial charge in [0.15, 0.2) is 0 Å². The van der Waals surface area contributed by atoms with Gasteiger partial charge in [-0.05, 0) is 55.8 Å². The number of nitrogens with zero attached hydrogens (tertiary/aromatic N) is 1. The fourth-order valence-corrected chi connectivity index (χ4v) is 3.96. The number of likely N-dealkylation sites (tertiary alicyclic amines) is 1. The van der Waals surface area contributed by atoms with Gasteiger partial charge in [-0.25, -0.2) is 0 Å². The van der Waals surface area contributed by atoms with E-state index >= 15 is 0 Å². The maximum Gasteiger partial charge on any atom is 0.234 e. The molecule has 1 saturated heterocycles. The third-order valence-electron chi connectivity index (χ3n) is 5.14. The van der Waals surface area contributed by atoms with Crippen LogP contribution in [-0.4, -0.2) is 41.6 Å². The fourth-order valence-electron chi connectivity index (χ4n) is 3.96. The van der Waals surface area contributed by atoms with Crippen molar-refractivity contribution in [3.8, 4) is 5.75 Å². The van der Waals surface area contributed by atoms with Gasteiger partial charge in [0, 0.05) is 12.6 Å². The van der Waals surface area contributed by atoms with Crippen molar-refractivity contribution in [1.29, 1.82) is 0 Å². The lowest BCUT2D eigenvalue weighted by atomic mass is 9.95. The summed E-state index contributed by atoms with van der Waals surface area (Å²) in [7, 11) is 0. The first-order valence-electron chi connectivity index (χ1n) is 8.98. The third kappa shape index (κ3) is 4.96. The summed E-state index contributed by atoms with van der Waals surface area (Å²) in [5.41, 5.74) is 1.18. The molecule has 1 unspecified atom stereocenters. The van der Waals surface area contributed by atoms with Crippen LogP contribution in [0.1, 0.15) is 44.1 Å². The second kappa shape index (κ2) is 7.82. The van der Waals surface area contributed by atoms with Crippen molar-refractivity contribution in [3.05, 3.63) is 29.8 Å². The van der Waals surface area contributed by atoms with Gasteiger partial charge < -0.3 is 10.4 Å². The molecule has 1 aromatic rings. The average molecular weight is 316 g/mol. The molecule has 4 nitrogen and oxygen atoms in total. The van der Waals surface area contributed by atoms with Gasteiger partial charge in [0.25, 0.3) is 0 Å². The van der Waals surface area contributed by atoms with Crippen LogP contribution in [0.2, 0.25) is 0 Å². The molecule has 1 amide bonds. The molecule has 4 heteroatoms. The Kier molecular flexibility index (Phi) is 5.55. The number of carbonyl (C=O) groups is 1. The highest BCUT2D eigenvalue weighted by Gasteiger charge is 2.25. The van der Waals surface area contributed by atoms with Crippen molar-refractivity contribution in [3.63, 3.8) is 0 Å². The van der Waals surface area contributed by atoms with Gasteiger partial charge in [-0.15, -0.1) is 0 Å². The summed E-state index contributed by atoms with van der Waals surface area (Å²) in [6.45, 7) is 2.52. The van der Waals surface area contributed by atoms with Crippen molar-refractivity contribution in [2.24, 2.45) is 5.92 Å². The second-order valence-corrected chi connectivity index (χ2v) is 7.17. The standard InChI is InChI=1S/C19H28N2O2/c22-18-8-4-5-15(12-18)11-16-9-10-21(13-16)14-19(23)20-17-6-2-1-3-7-17/h4-5,8,12,16-17,22H,1-3,6-7,9-11,13-14H2,(H,20,23). The topological polar surface area (TPSA) is 52.6 Å². The predicted molar refractivity (Wildman–Crippen MR) is 91.4 cm³/mol. The van der Waals surface area contributed by atoms with Gasteiger partial charge in [-0.2, -0.15) is 0 Å². The highest BCUT2D eigenvalue weighted by Crippen LogP contribution is 2.22. The Morgan fingerprint density at radius 2 is 2.04 bits per heavy atom. The smallest absolute Gasteiger partial charge is 0.234 e. The molecule has 0 aromatic heterocycles. The fraction of sp³-hybridized carbons (Fsp3) is 0.632. The minimum atomic E-state index is 0.190. The number of phenolic OH excluding ortho intramolecular Hbond substituents is 1. The largest absolute Gasteiger partial charge is 0.508 e. The zero-order valence-corrected chi connectivity index (χ0v) is 13.8. The van der Waals surface area contributed by atoms with Crippen molar-refractivity contribution < 1.29 is 9.90 Å². The maximum absolute atomic E-state index is 12.2. The predicted octanol–water partition coefficient (Wildman–Crippen LogP) is 2.71. The van der Waals surface area contributed by atoms with Gasteiger partial charge in [0.2, 0.25) is 5.91 Å². The molecule has 0 spiro atoms. The van der Waals surface area contributed by atoms with Crippen molar-refractivity contribution in [1.82, 2.24) is 10.2 Å². The summed E-state index contributed by atoms with van der Waals surface area (Å²) >= 11 is 0. The van der Waals surface area contributed by atoms with Crippen molar-refractivity contribution in [2.45, 2.75) is 51.0 Å². The molecule has 0 radical (unpaired) electrons. The zero-order valence-electron chi connectivity index (χ0n) is 13.8. The zero-order chi connectivity index (χ0) is 16.1. The number of amides is 1. The van der Waals surface area contributed by atoms with Crippen LogP contribution in [0.25, 0.3) is 0 Å². The van der Waals surface area contributed by atoms with E-state index in [0.29, 0.717) is 24.3 Å². The van der Waals surface area contributed by atoms with Crippen LogP contribution >= 0.6 is 0 Å². The average Bonchev–Trinajstić information content (AvgIpc) is 2.95. The Bertz CT molecular complexity index is 526. The molecule has 1 saturated carbocycles. The van der Waals surface area contributed by atoms with E-state index in [4.69, 9.17) is 0 Å². The van der Waals surface area contributed by atoms with Gasteiger partial charge in [0.05, 0.1) is 6.54 Å². The molecule has 2 N–H and O–H groups in total. The summed E-state index contributed by atoms with van der Waals surface area (Å²) in [5.74, 6) is 1.11. The minimum Gasteiger partial charge on any atom is -0.508 e. The number of phenols is 1. The summed E-state index contributed by atoms with van der Waals surface area (Å²) in [6, 6.07) is 7.92. The van der Waals surface area contributed by atoms with Crippen LogP contribution in [0.3, 0.4) is 0 Å². The van der Waals surface area contributed by atoms with Crippen LogP contribution in [0.4, 0.5) is 0 Å². The first-order chi connectivity index (χ1) is 11.2. The number of carbonyl (C=O) groups excluding carboxylic acids is 1. The molecule has 1 aliphatic carbocycles. The van der Waals surface area contributed by atoms with E-state index in [-0.39, 0.29) is 5.91 Å². The Balaban J connectivity index is 1.41. The molecule has 126 valence electrons. The number of benzene rings is 1. The molecule has 2 fully saturated rings. The van der Waals surface area contributed by atoms with E-state index < -0.39 is 0 Å². The lowest BCUT2D eigenvalue weighted by Crippen LogP contribution is -2.42. The van der Waals surface area contributed by atoms with E-state index in [2.05, 4.69) is 16.3 Å². The molecule has 0 bridgehead atoms. The van der Waals surface area contributed by atoms with Crippen molar-refractivity contribution >= 4 is 5.91 Å². The maximum atomic E-state index is 12.2. The van der Waals surface area contributed by atoms with E-state index in [0.717, 1.165) is 38.8 Å². The molecule has 1 aliphatic heterocycles. The molecular weight excluding hydrogens is 288 g/mol.